The molecule has 0 fully saturated rings. The zero-order valence-corrected chi connectivity index (χ0v) is 17.4. The molecule has 0 aromatic heterocycles. The Labute approximate surface area is 171 Å². The lowest BCUT2D eigenvalue weighted by Gasteiger charge is -2.17. The van der Waals surface area contributed by atoms with Crippen molar-refractivity contribution in [2.75, 3.05) is 11.9 Å². The maximum Gasteiger partial charge on any atom is 0.347 e. The van der Waals surface area contributed by atoms with Crippen LogP contribution < -0.4 is 10.1 Å². The van der Waals surface area contributed by atoms with E-state index in [0.717, 1.165) is 5.56 Å². The van der Waals surface area contributed by atoms with Crippen molar-refractivity contribution in [2.24, 2.45) is 5.41 Å². The molecule has 1 atom stereocenters. The lowest BCUT2D eigenvalue weighted by molar-refractivity contribution is -0.149. The fourth-order valence-corrected chi connectivity index (χ4v) is 2.26. The lowest BCUT2D eigenvalue weighted by atomic mass is 9.95. The van der Waals surface area contributed by atoms with E-state index in [1.807, 2.05) is 39.8 Å². The molecule has 29 heavy (non-hydrogen) atoms. The van der Waals surface area contributed by atoms with Crippen LogP contribution in [-0.4, -0.2) is 30.4 Å². The van der Waals surface area contributed by atoms with E-state index in [1.165, 1.54) is 0 Å². The van der Waals surface area contributed by atoms with Crippen molar-refractivity contribution >= 4 is 23.3 Å². The first-order valence-electron chi connectivity index (χ1n) is 9.41. The molecule has 0 radical (unpaired) electrons. The molecule has 2 aromatic rings. The third-order valence-electron chi connectivity index (χ3n) is 4.16. The summed E-state index contributed by atoms with van der Waals surface area (Å²) in [5, 5.41) is 2.79. The Hall–Kier alpha value is -3.15. The van der Waals surface area contributed by atoms with E-state index in [-0.39, 0.29) is 18.3 Å². The third-order valence-corrected chi connectivity index (χ3v) is 4.16. The van der Waals surface area contributed by atoms with Crippen LogP contribution in [0.1, 0.15) is 43.6 Å². The second-order valence-electron chi connectivity index (χ2n) is 7.89. The number of rotatable bonds is 7. The van der Waals surface area contributed by atoms with E-state index >= 15 is 0 Å². The molecule has 0 aliphatic carbocycles. The highest BCUT2D eigenvalue weighted by Gasteiger charge is 2.21. The van der Waals surface area contributed by atoms with Gasteiger partial charge >= 0.3 is 5.97 Å². The molecule has 0 spiro atoms. The van der Waals surface area contributed by atoms with Crippen molar-refractivity contribution in [3.05, 3.63) is 59.7 Å². The summed E-state index contributed by atoms with van der Waals surface area (Å²) in [6, 6.07) is 13.7. The minimum absolute atomic E-state index is 0.118. The number of anilines is 1. The van der Waals surface area contributed by atoms with E-state index in [0.29, 0.717) is 17.0 Å². The Morgan fingerprint density at radius 1 is 0.966 bits per heavy atom. The molecule has 0 aliphatic heterocycles. The summed E-state index contributed by atoms with van der Waals surface area (Å²) < 4.78 is 10.6. The molecule has 6 heteroatoms. The molecular formula is C23H27NO5. The number of hydrogen-bond donors (Lipinski definition) is 1. The predicted molar refractivity (Wildman–Crippen MR) is 111 cm³/mol. The Morgan fingerprint density at radius 2 is 1.55 bits per heavy atom. The fourth-order valence-electron chi connectivity index (χ4n) is 2.26. The highest BCUT2D eigenvalue weighted by molar-refractivity contribution is 5.99. The Balaban J connectivity index is 1.85. The van der Waals surface area contributed by atoms with E-state index in [4.69, 9.17) is 9.47 Å². The maximum absolute atomic E-state index is 12.3. The van der Waals surface area contributed by atoms with Gasteiger partial charge in [0, 0.05) is 16.7 Å². The number of ketones is 1. The minimum Gasteiger partial charge on any atom is -0.479 e. The minimum atomic E-state index is -0.833. The molecule has 154 valence electrons. The molecule has 0 heterocycles. The van der Waals surface area contributed by atoms with Gasteiger partial charge in [-0.15, -0.1) is 0 Å². The van der Waals surface area contributed by atoms with Crippen molar-refractivity contribution in [3.63, 3.8) is 0 Å². The largest absolute Gasteiger partial charge is 0.479 e. The second-order valence-corrected chi connectivity index (χ2v) is 7.89. The fraction of sp³-hybridized carbons (Fsp3) is 0.348. The van der Waals surface area contributed by atoms with Gasteiger partial charge in [-0.2, -0.15) is 0 Å². The smallest absolute Gasteiger partial charge is 0.347 e. The lowest BCUT2D eigenvalue weighted by Crippen LogP contribution is -2.28. The number of hydrogen-bond acceptors (Lipinski definition) is 5. The number of benzene rings is 2. The van der Waals surface area contributed by atoms with Gasteiger partial charge in [-0.3, -0.25) is 9.59 Å². The van der Waals surface area contributed by atoms with Gasteiger partial charge in [0.05, 0.1) is 0 Å². The van der Waals surface area contributed by atoms with Gasteiger partial charge in [0.2, 0.25) is 5.91 Å². The molecule has 0 saturated heterocycles. The normalized spacial score (nSPS) is 12.0. The van der Waals surface area contributed by atoms with Gasteiger partial charge in [-0.25, -0.2) is 4.79 Å². The molecule has 6 nitrogen and oxygen atoms in total. The number of ether oxygens (including phenoxy) is 2. The Kier molecular flexibility index (Phi) is 7.15. The van der Waals surface area contributed by atoms with E-state index < -0.39 is 17.5 Å². The molecule has 1 unspecified atom stereocenters. The third kappa shape index (κ3) is 6.75. The van der Waals surface area contributed by atoms with Crippen molar-refractivity contribution in [3.8, 4) is 5.75 Å². The van der Waals surface area contributed by atoms with Crippen molar-refractivity contribution < 1.29 is 23.9 Å². The average molecular weight is 397 g/mol. The van der Waals surface area contributed by atoms with Gasteiger partial charge in [-0.05, 0) is 50.2 Å². The maximum atomic E-state index is 12.3. The highest BCUT2D eigenvalue weighted by atomic mass is 16.6. The zero-order chi connectivity index (χ0) is 21.6. The number of Topliss-reactive ketones (excluding diaryl/α,β-unsaturated/α-hetero) is 1. The van der Waals surface area contributed by atoms with Crippen molar-refractivity contribution in [1.29, 1.82) is 0 Å². The molecule has 0 aliphatic rings. The van der Waals surface area contributed by atoms with Crippen LogP contribution in [0.25, 0.3) is 0 Å². The first kappa shape index (κ1) is 22.1. The van der Waals surface area contributed by atoms with E-state index in [9.17, 15) is 14.4 Å². The molecule has 0 bridgehead atoms. The summed E-state index contributed by atoms with van der Waals surface area (Å²) in [6.45, 7) is 8.60. The summed E-state index contributed by atoms with van der Waals surface area (Å²) in [5.41, 5.74) is 1.56. The molecule has 0 saturated carbocycles. The molecule has 2 rings (SSSR count). The number of amides is 1. The van der Waals surface area contributed by atoms with Crippen molar-refractivity contribution in [2.45, 2.75) is 40.7 Å². The van der Waals surface area contributed by atoms with Gasteiger partial charge in [-0.1, -0.05) is 38.5 Å². The van der Waals surface area contributed by atoms with Gasteiger partial charge in [0.25, 0.3) is 0 Å². The summed E-state index contributed by atoms with van der Waals surface area (Å²) in [5.74, 6) is -0.519. The summed E-state index contributed by atoms with van der Waals surface area (Å²) >= 11 is 0. The quantitative estimate of drug-likeness (QED) is 0.560. The van der Waals surface area contributed by atoms with E-state index in [2.05, 4.69) is 5.32 Å². The van der Waals surface area contributed by atoms with Crippen LogP contribution >= 0.6 is 0 Å². The van der Waals surface area contributed by atoms with Crippen LogP contribution in [0.3, 0.4) is 0 Å². The Bertz CT molecular complexity index is 864. The first-order chi connectivity index (χ1) is 13.6. The number of nitrogens with one attached hydrogen (secondary N) is 1. The molecule has 1 N–H and O–H groups in total. The second kappa shape index (κ2) is 9.37. The van der Waals surface area contributed by atoms with Crippen molar-refractivity contribution in [1.82, 2.24) is 0 Å². The SMILES string of the molecule is Cc1ccc(OC(C)C(=O)OCC(=O)c2ccc(NC(=O)C(C)(C)C)cc2)cc1. The van der Waals surface area contributed by atoms with Gasteiger partial charge in [0.15, 0.2) is 18.5 Å². The number of carbonyl (C=O) groups excluding carboxylic acids is 3. The molecular weight excluding hydrogens is 370 g/mol. The molecule has 1 amide bonds. The van der Waals surface area contributed by atoms with Gasteiger partial charge < -0.3 is 14.8 Å². The number of aryl methyl sites for hydroxylation is 1. The summed E-state index contributed by atoms with van der Waals surface area (Å²) in [4.78, 5) is 36.3. The van der Waals surface area contributed by atoms with E-state index in [1.54, 1.807) is 43.3 Å². The topological polar surface area (TPSA) is 81.7 Å². The standard InChI is InChI=1S/C23H27NO5/c1-15-6-12-19(13-7-15)29-16(2)21(26)28-14-20(25)17-8-10-18(11-9-17)24-22(27)23(3,4)5/h6-13,16H,14H2,1-5H3,(H,24,27). The average Bonchev–Trinajstić information content (AvgIpc) is 2.67. The highest BCUT2D eigenvalue weighted by Crippen LogP contribution is 2.18. The van der Waals surface area contributed by atoms with Crippen LogP contribution in [0.15, 0.2) is 48.5 Å². The van der Waals surface area contributed by atoms with Crippen LogP contribution in [-0.2, 0) is 14.3 Å². The predicted octanol–water partition coefficient (Wildman–Crippen LogP) is 4.17. The Morgan fingerprint density at radius 3 is 2.10 bits per heavy atom. The number of esters is 1. The van der Waals surface area contributed by atoms with Crippen LogP contribution in [0.5, 0.6) is 5.75 Å². The van der Waals surface area contributed by atoms with Gasteiger partial charge in [0.1, 0.15) is 5.75 Å². The zero-order valence-electron chi connectivity index (χ0n) is 17.4. The van der Waals surface area contributed by atoms with Crippen LogP contribution in [0, 0.1) is 12.3 Å². The number of carbonyl (C=O) groups is 3. The monoisotopic (exact) mass is 397 g/mol. The van der Waals surface area contributed by atoms with Crippen LogP contribution in [0.4, 0.5) is 5.69 Å². The first-order valence-corrected chi connectivity index (χ1v) is 9.41. The van der Waals surface area contributed by atoms with Crippen LogP contribution in [0.2, 0.25) is 0 Å². The summed E-state index contributed by atoms with van der Waals surface area (Å²) in [7, 11) is 0. The summed E-state index contributed by atoms with van der Waals surface area (Å²) in [6.07, 6.45) is -0.833. The molecule has 2 aromatic carbocycles.